The van der Waals surface area contributed by atoms with E-state index in [2.05, 4.69) is 31.3 Å². The maximum atomic E-state index is 11.0. The Labute approximate surface area is 128 Å². The topological polar surface area (TPSA) is 55.2 Å². The predicted octanol–water partition coefficient (Wildman–Crippen LogP) is 4.98. The van der Waals surface area contributed by atoms with Crippen molar-refractivity contribution in [3.05, 3.63) is 68.7 Å². The van der Waals surface area contributed by atoms with Crippen LogP contribution in [0.1, 0.15) is 30.9 Å². The van der Waals surface area contributed by atoms with E-state index in [-0.39, 0.29) is 5.69 Å². The van der Waals surface area contributed by atoms with Crippen molar-refractivity contribution in [3.63, 3.8) is 0 Å². The monoisotopic (exact) mass is 304 g/mol. The normalized spacial score (nSPS) is 10.7. The summed E-state index contributed by atoms with van der Waals surface area (Å²) in [5.74, 6) is 0.480. The molecular weight excluding hydrogens is 288 g/mol. The minimum Gasteiger partial charge on any atom is -0.381 e. The van der Waals surface area contributed by atoms with Gasteiger partial charge in [0.15, 0.2) is 0 Å². The van der Waals surface area contributed by atoms with Gasteiger partial charge in [-0.2, -0.15) is 0 Å². The molecule has 0 saturated carbocycles. The van der Waals surface area contributed by atoms with Gasteiger partial charge in [-0.05, 0) is 35.7 Å². The van der Waals surface area contributed by atoms with Gasteiger partial charge >= 0.3 is 0 Å². The average Bonchev–Trinajstić information content (AvgIpc) is 2.45. The number of halogens is 1. The minimum absolute atomic E-state index is 0.0747. The number of hydrogen-bond donors (Lipinski definition) is 1. The van der Waals surface area contributed by atoms with E-state index < -0.39 is 4.92 Å². The quantitative estimate of drug-likeness (QED) is 0.626. The lowest BCUT2D eigenvalue weighted by molar-refractivity contribution is -0.385. The van der Waals surface area contributed by atoms with Gasteiger partial charge in [0.05, 0.1) is 10.5 Å². The van der Waals surface area contributed by atoms with Gasteiger partial charge in [0, 0.05) is 23.3 Å². The summed E-state index contributed by atoms with van der Waals surface area (Å²) in [5.41, 5.74) is 2.83. The van der Waals surface area contributed by atoms with Gasteiger partial charge in [-0.1, -0.05) is 37.6 Å². The van der Waals surface area contributed by atoms with Gasteiger partial charge in [0.25, 0.3) is 5.69 Å². The Bertz CT molecular complexity index is 639. The molecule has 21 heavy (non-hydrogen) atoms. The van der Waals surface area contributed by atoms with Gasteiger partial charge in [0.2, 0.25) is 0 Å². The van der Waals surface area contributed by atoms with Gasteiger partial charge in [-0.3, -0.25) is 10.1 Å². The summed E-state index contributed by atoms with van der Waals surface area (Å²) in [5, 5.41) is 14.7. The van der Waals surface area contributed by atoms with E-state index in [0.717, 1.165) is 5.69 Å². The molecule has 2 aromatic rings. The van der Waals surface area contributed by atoms with Crippen LogP contribution in [0.3, 0.4) is 0 Å². The van der Waals surface area contributed by atoms with Gasteiger partial charge in [-0.25, -0.2) is 0 Å². The van der Waals surface area contributed by atoms with Gasteiger partial charge in [0.1, 0.15) is 0 Å². The zero-order chi connectivity index (χ0) is 15.4. The highest BCUT2D eigenvalue weighted by molar-refractivity contribution is 6.30. The summed E-state index contributed by atoms with van der Waals surface area (Å²) in [6.45, 7) is 4.63. The number of hydrogen-bond acceptors (Lipinski definition) is 3. The molecular formula is C16H17ClN2O2. The zero-order valence-corrected chi connectivity index (χ0v) is 12.7. The second-order valence-electron chi connectivity index (χ2n) is 5.16. The van der Waals surface area contributed by atoms with Crippen LogP contribution in [0, 0.1) is 10.1 Å². The third-order valence-electron chi connectivity index (χ3n) is 3.30. The molecule has 0 amide bonds. The molecule has 0 fully saturated rings. The maximum absolute atomic E-state index is 11.0. The fourth-order valence-electron chi connectivity index (χ4n) is 2.06. The Morgan fingerprint density at radius 1 is 1.19 bits per heavy atom. The molecule has 0 aliphatic heterocycles. The molecule has 0 aliphatic carbocycles. The molecule has 5 heteroatoms. The van der Waals surface area contributed by atoms with Crippen LogP contribution < -0.4 is 5.32 Å². The first-order valence-electron chi connectivity index (χ1n) is 6.74. The molecule has 0 aromatic heterocycles. The van der Waals surface area contributed by atoms with Crippen LogP contribution in [0.4, 0.5) is 11.4 Å². The fraction of sp³-hybridized carbons (Fsp3) is 0.250. The molecule has 0 bridgehead atoms. The summed E-state index contributed by atoms with van der Waals surface area (Å²) in [6, 6.07) is 12.6. The Balaban J connectivity index is 2.12. The molecule has 4 nitrogen and oxygen atoms in total. The Morgan fingerprint density at radius 2 is 1.86 bits per heavy atom. The van der Waals surface area contributed by atoms with Crippen LogP contribution in [0.2, 0.25) is 5.02 Å². The first-order valence-corrected chi connectivity index (χ1v) is 7.12. The number of anilines is 1. The summed E-state index contributed by atoms with van der Waals surface area (Å²) >= 11 is 5.91. The van der Waals surface area contributed by atoms with Crippen LogP contribution in [-0.4, -0.2) is 4.92 Å². The minimum atomic E-state index is -0.394. The smallest absolute Gasteiger partial charge is 0.274 e. The van der Waals surface area contributed by atoms with Crippen molar-refractivity contribution in [2.24, 2.45) is 0 Å². The number of nitro benzene ring substituents is 1. The summed E-state index contributed by atoms with van der Waals surface area (Å²) in [7, 11) is 0. The lowest BCUT2D eigenvalue weighted by atomic mass is 10.0. The second-order valence-corrected chi connectivity index (χ2v) is 5.60. The Hall–Kier alpha value is -2.07. The molecule has 2 aromatic carbocycles. The zero-order valence-electron chi connectivity index (χ0n) is 12.0. The van der Waals surface area contributed by atoms with Crippen LogP contribution in [0.25, 0.3) is 0 Å². The highest BCUT2D eigenvalue weighted by atomic mass is 35.5. The van der Waals surface area contributed by atoms with Gasteiger partial charge < -0.3 is 5.32 Å². The molecule has 0 unspecified atom stereocenters. The van der Waals surface area contributed by atoms with Crippen molar-refractivity contribution < 1.29 is 4.92 Å². The highest BCUT2D eigenvalue weighted by Crippen LogP contribution is 2.24. The van der Waals surface area contributed by atoms with E-state index in [9.17, 15) is 10.1 Å². The number of nitrogens with one attached hydrogen (secondary N) is 1. The van der Waals surface area contributed by atoms with E-state index in [4.69, 9.17) is 11.6 Å². The molecule has 1 N–H and O–H groups in total. The van der Waals surface area contributed by atoms with Crippen molar-refractivity contribution >= 4 is 23.0 Å². The summed E-state index contributed by atoms with van der Waals surface area (Å²) in [4.78, 5) is 10.6. The summed E-state index contributed by atoms with van der Waals surface area (Å²) in [6.07, 6.45) is 0. The summed E-state index contributed by atoms with van der Waals surface area (Å²) < 4.78 is 0. The second kappa shape index (κ2) is 6.59. The van der Waals surface area contributed by atoms with E-state index in [1.54, 1.807) is 6.07 Å². The molecule has 0 spiro atoms. The van der Waals surface area contributed by atoms with Crippen LogP contribution >= 0.6 is 11.6 Å². The molecule has 0 aliphatic rings. The number of nitrogens with zero attached hydrogens (tertiary/aromatic N) is 1. The van der Waals surface area contributed by atoms with Crippen LogP contribution in [0.5, 0.6) is 0 Å². The third kappa shape index (κ3) is 3.95. The molecule has 0 radical (unpaired) electrons. The van der Waals surface area contributed by atoms with Crippen LogP contribution in [-0.2, 0) is 6.54 Å². The number of nitro groups is 1. The maximum Gasteiger partial charge on any atom is 0.274 e. The largest absolute Gasteiger partial charge is 0.381 e. The predicted molar refractivity (Wildman–Crippen MR) is 86.0 cm³/mol. The molecule has 2 rings (SSSR count). The van der Waals surface area contributed by atoms with E-state index in [1.165, 1.54) is 17.7 Å². The lowest BCUT2D eigenvalue weighted by Gasteiger charge is -2.10. The molecule has 0 heterocycles. The van der Waals surface area contributed by atoms with Crippen LogP contribution in [0.15, 0.2) is 42.5 Å². The van der Waals surface area contributed by atoms with Gasteiger partial charge in [-0.15, -0.1) is 0 Å². The molecule has 0 atom stereocenters. The van der Waals surface area contributed by atoms with Crippen molar-refractivity contribution in [2.75, 3.05) is 5.32 Å². The lowest BCUT2D eigenvalue weighted by Crippen LogP contribution is -2.03. The highest BCUT2D eigenvalue weighted by Gasteiger charge is 2.13. The van der Waals surface area contributed by atoms with E-state index in [1.807, 2.05) is 12.1 Å². The van der Waals surface area contributed by atoms with Crippen molar-refractivity contribution in [3.8, 4) is 0 Å². The number of rotatable bonds is 5. The first-order chi connectivity index (χ1) is 9.97. The van der Waals surface area contributed by atoms with Crippen molar-refractivity contribution in [2.45, 2.75) is 26.3 Å². The standard InChI is InChI=1S/C16H17ClN2O2/c1-11(2)12-3-6-15(7-4-12)18-10-13-9-14(17)5-8-16(13)19(20)21/h3-9,11,18H,10H2,1-2H3. The SMILES string of the molecule is CC(C)c1ccc(NCc2cc(Cl)ccc2[N+](=O)[O-])cc1. The van der Waals surface area contributed by atoms with E-state index >= 15 is 0 Å². The van der Waals surface area contributed by atoms with Crippen molar-refractivity contribution in [1.29, 1.82) is 0 Å². The average molecular weight is 305 g/mol. The number of benzene rings is 2. The molecule has 0 saturated heterocycles. The molecule has 110 valence electrons. The third-order valence-corrected chi connectivity index (χ3v) is 3.53. The Morgan fingerprint density at radius 3 is 2.43 bits per heavy atom. The fourth-order valence-corrected chi connectivity index (χ4v) is 2.25. The van der Waals surface area contributed by atoms with E-state index in [0.29, 0.717) is 23.0 Å². The van der Waals surface area contributed by atoms with Crippen molar-refractivity contribution in [1.82, 2.24) is 0 Å². The first kappa shape index (κ1) is 15.3. The Kier molecular flexibility index (Phi) is 4.81.